The number of amides is 1. The molecule has 2 aromatic heterocycles. The van der Waals surface area contributed by atoms with Gasteiger partial charge in [-0.25, -0.2) is 4.79 Å². The molecule has 0 aliphatic heterocycles. The van der Waals surface area contributed by atoms with E-state index in [0.29, 0.717) is 6.54 Å². The number of aryl methyl sites for hydroxylation is 1. The molecule has 19 heavy (non-hydrogen) atoms. The Labute approximate surface area is 108 Å². The molecule has 0 saturated carbocycles. The number of rotatable bonds is 4. The highest BCUT2D eigenvalue weighted by Crippen LogP contribution is 2.09. The quantitative estimate of drug-likeness (QED) is 0.856. The number of nitrogens with zero attached hydrogens (tertiary/aromatic N) is 4. The normalized spacial score (nSPS) is 10.4. The van der Waals surface area contributed by atoms with Gasteiger partial charge in [0.1, 0.15) is 0 Å². The first-order chi connectivity index (χ1) is 8.97. The van der Waals surface area contributed by atoms with Gasteiger partial charge in [-0.2, -0.15) is 5.10 Å². The maximum atomic E-state index is 12.0. The Morgan fingerprint density at radius 2 is 2.26 bits per heavy atom. The first kappa shape index (κ1) is 12.8. The van der Waals surface area contributed by atoms with Crippen molar-refractivity contribution in [2.24, 2.45) is 7.05 Å². The highest BCUT2D eigenvalue weighted by Gasteiger charge is 2.20. The van der Waals surface area contributed by atoms with E-state index in [0.717, 1.165) is 11.6 Å². The van der Waals surface area contributed by atoms with Gasteiger partial charge in [-0.15, -0.1) is 0 Å². The van der Waals surface area contributed by atoms with Gasteiger partial charge in [0.05, 0.1) is 6.20 Å². The number of carboxylic acid groups (broad SMARTS) is 1. The van der Waals surface area contributed by atoms with Crippen molar-refractivity contribution in [3.05, 3.63) is 35.5 Å². The topological polar surface area (TPSA) is 101 Å². The van der Waals surface area contributed by atoms with Gasteiger partial charge in [-0.1, -0.05) is 5.16 Å². The van der Waals surface area contributed by atoms with Crippen LogP contribution < -0.4 is 0 Å². The number of aromatic nitrogens is 3. The van der Waals surface area contributed by atoms with Gasteiger partial charge in [-0.05, 0) is 0 Å². The van der Waals surface area contributed by atoms with Crippen LogP contribution in [0.5, 0.6) is 0 Å². The fourth-order valence-electron chi connectivity index (χ4n) is 1.57. The highest BCUT2D eigenvalue weighted by atomic mass is 16.5. The molecule has 100 valence electrons. The van der Waals surface area contributed by atoms with Crippen molar-refractivity contribution in [1.82, 2.24) is 19.8 Å². The van der Waals surface area contributed by atoms with Gasteiger partial charge < -0.3 is 14.5 Å². The van der Waals surface area contributed by atoms with Crippen LogP contribution in [0, 0.1) is 0 Å². The van der Waals surface area contributed by atoms with Gasteiger partial charge >= 0.3 is 5.97 Å². The second-order valence-electron chi connectivity index (χ2n) is 4.07. The van der Waals surface area contributed by atoms with Gasteiger partial charge in [-0.3, -0.25) is 9.48 Å². The summed E-state index contributed by atoms with van der Waals surface area (Å²) in [5, 5.41) is 16.1. The summed E-state index contributed by atoms with van der Waals surface area (Å²) in [5.74, 6) is -2.04. The number of carbonyl (C=O) groups excluding carboxylic acids is 1. The fraction of sp³-hybridized carbons (Fsp3) is 0.273. The van der Waals surface area contributed by atoms with Crippen molar-refractivity contribution >= 4 is 11.9 Å². The van der Waals surface area contributed by atoms with Crippen LogP contribution in [-0.4, -0.2) is 43.9 Å². The smallest absolute Gasteiger partial charge is 0.374 e. The van der Waals surface area contributed by atoms with Crippen molar-refractivity contribution in [2.45, 2.75) is 6.54 Å². The zero-order valence-corrected chi connectivity index (χ0v) is 10.4. The lowest BCUT2D eigenvalue weighted by atomic mass is 10.3. The van der Waals surface area contributed by atoms with E-state index < -0.39 is 11.9 Å². The summed E-state index contributed by atoms with van der Waals surface area (Å²) in [4.78, 5) is 24.0. The first-order valence-corrected chi connectivity index (χ1v) is 5.40. The van der Waals surface area contributed by atoms with Crippen molar-refractivity contribution in [2.75, 3.05) is 7.05 Å². The van der Waals surface area contributed by atoms with E-state index in [2.05, 4.69) is 14.8 Å². The molecule has 8 nitrogen and oxygen atoms in total. The van der Waals surface area contributed by atoms with Crippen molar-refractivity contribution in [3.63, 3.8) is 0 Å². The molecule has 0 radical (unpaired) electrons. The molecule has 0 unspecified atom stereocenters. The zero-order valence-electron chi connectivity index (χ0n) is 10.4. The fourth-order valence-corrected chi connectivity index (χ4v) is 1.57. The molecule has 0 aromatic carbocycles. The summed E-state index contributed by atoms with van der Waals surface area (Å²) < 4.78 is 6.17. The molecule has 2 aromatic rings. The molecule has 0 saturated heterocycles. The van der Waals surface area contributed by atoms with Crippen molar-refractivity contribution in [1.29, 1.82) is 0 Å². The van der Waals surface area contributed by atoms with Crippen LogP contribution in [0.4, 0.5) is 0 Å². The third-order valence-corrected chi connectivity index (χ3v) is 2.46. The Kier molecular flexibility index (Phi) is 3.32. The molecule has 0 spiro atoms. The summed E-state index contributed by atoms with van der Waals surface area (Å²) in [7, 11) is 3.37. The summed E-state index contributed by atoms with van der Waals surface area (Å²) in [6.07, 6.45) is 3.44. The second kappa shape index (κ2) is 4.92. The van der Waals surface area contributed by atoms with E-state index in [4.69, 9.17) is 5.11 Å². The Bertz CT molecular complexity index is 616. The Morgan fingerprint density at radius 3 is 2.79 bits per heavy atom. The van der Waals surface area contributed by atoms with Crippen LogP contribution >= 0.6 is 0 Å². The molecular formula is C11H12N4O4. The predicted molar refractivity (Wildman–Crippen MR) is 62.5 cm³/mol. The number of carboxylic acids is 1. The average molecular weight is 264 g/mol. The maximum absolute atomic E-state index is 12.0. The SMILES string of the molecule is CN(Cc1cnn(C)c1)C(=O)c1cc(C(=O)O)on1. The molecule has 0 atom stereocenters. The van der Waals surface area contributed by atoms with Gasteiger partial charge in [0.25, 0.3) is 5.91 Å². The zero-order chi connectivity index (χ0) is 14.0. The van der Waals surface area contributed by atoms with Crippen molar-refractivity contribution in [3.8, 4) is 0 Å². The molecule has 0 fully saturated rings. The average Bonchev–Trinajstić information content (AvgIpc) is 2.97. The molecule has 0 aliphatic carbocycles. The first-order valence-electron chi connectivity index (χ1n) is 5.40. The van der Waals surface area contributed by atoms with Gasteiger partial charge in [0.15, 0.2) is 5.69 Å². The third-order valence-electron chi connectivity index (χ3n) is 2.46. The van der Waals surface area contributed by atoms with Gasteiger partial charge in [0.2, 0.25) is 5.76 Å². The van der Waals surface area contributed by atoms with E-state index in [1.807, 2.05) is 0 Å². The number of aromatic carboxylic acids is 1. The number of hydrogen-bond acceptors (Lipinski definition) is 5. The molecule has 8 heteroatoms. The Morgan fingerprint density at radius 1 is 1.53 bits per heavy atom. The molecule has 1 amide bonds. The van der Waals surface area contributed by atoms with Crippen LogP contribution in [0.15, 0.2) is 23.0 Å². The molecule has 0 aliphatic rings. The van der Waals surface area contributed by atoms with Crippen LogP contribution in [0.25, 0.3) is 0 Å². The highest BCUT2D eigenvalue weighted by molar-refractivity contribution is 5.94. The largest absolute Gasteiger partial charge is 0.475 e. The van der Waals surface area contributed by atoms with E-state index >= 15 is 0 Å². The predicted octanol–water partition coefficient (Wildman–Crippen LogP) is 0.379. The standard InChI is InChI=1S/C11H12N4O4/c1-14(5-7-4-12-15(2)6-7)10(16)8-3-9(11(17)18)19-13-8/h3-4,6H,5H2,1-2H3,(H,17,18). The lowest BCUT2D eigenvalue weighted by Gasteiger charge is -2.13. The van der Waals surface area contributed by atoms with E-state index in [1.54, 1.807) is 31.2 Å². The van der Waals surface area contributed by atoms with Crippen LogP contribution in [0.2, 0.25) is 0 Å². The van der Waals surface area contributed by atoms with Crippen LogP contribution in [0.1, 0.15) is 26.6 Å². The lowest BCUT2D eigenvalue weighted by molar-refractivity contribution is 0.0649. The van der Waals surface area contributed by atoms with Gasteiger partial charge in [0, 0.05) is 38.5 Å². The molecule has 1 N–H and O–H groups in total. The Balaban J connectivity index is 2.07. The number of carbonyl (C=O) groups is 2. The molecule has 0 bridgehead atoms. The lowest BCUT2D eigenvalue weighted by Crippen LogP contribution is -2.26. The third kappa shape index (κ3) is 2.79. The summed E-state index contributed by atoms with van der Waals surface area (Å²) in [6.45, 7) is 0.349. The van der Waals surface area contributed by atoms with E-state index in [9.17, 15) is 9.59 Å². The molecule has 2 heterocycles. The molecule has 2 rings (SSSR count). The number of hydrogen-bond donors (Lipinski definition) is 1. The van der Waals surface area contributed by atoms with Crippen molar-refractivity contribution < 1.29 is 19.2 Å². The molecular weight excluding hydrogens is 252 g/mol. The van der Waals surface area contributed by atoms with Crippen LogP contribution in [0.3, 0.4) is 0 Å². The summed E-state index contributed by atoms with van der Waals surface area (Å²) >= 11 is 0. The Hall–Kier alpha value is -2.64. The van der Waals surface area contributed by atoms with Crippen LogP contribution in [-0.2, 0) is 13.6 Å². The van der Waals surface area contributed by atoms with E-state index in [1.165, 1.54) is 4.90 Å². The monoisotopic (exact) mass is 264 g/mol. The summed E-state index contributed by atoms with van der Waals surface area (Å²) in [5.41, 5.74) is 0.823. The minimum atomic E-state index is -1.26. The maximum Gasteiger partial charge on any atom is 0.374 e. The minimum Gasteiger partial charge on any atom is -0.475 e. The second-order valence-corrected chi connectivity index (χ2v) is 4.07. The van der Waals surface area contributed by atoms with E-state index in [-0.39, 0.29) is 11.5 Å². The summed E-state index contributed by atoms with van der Waals surface area (Å²) in [6, 6.07) is 1.10. The minimum absolute atomic E-state index is 0.0382.